The fourth-order valence-corrected chi connectivity index (χ4v) is 5.66. The van der Waals surface area contributed by atoms with Crippen LogP contribution >= 0.6 is 0 Å². The quantitative estimate of drug-likeness (QED) is 0.281. The first kappa shape index (κ1) is 18.5. The van der Waals surface area contributed by atoms with Crippen LogP contribution in [-0.4, -0.2) is 0 Å². The second-order valence-corrected chi connectivity index (χ2v) is 8.86. The van der Waals surface area contributed by atoms with Crippen LogP contribution < -0.4 is 15.3 Å². The van der Waals surface area contributed by atoms with E-state index in [1.165, 1.54) is 60.5 Å². The van der Waals surface area contributed by atoms with Crippen molar-refractivity contribution in [1.82, 2.24) is 0 Å². The van der Waals surface area contributed by atoms with Gasteiger partial charge in [0.1, 0.15) is 0 Å². The molecule has 0 saturated carbocycles. The van der Waals surface area contributed by atoms with E-state index in [-0.39, 0.29) is 0 Å². The molecule has 33 heavy (non-hydrogen) atoms. The highest BCUT2D eigenvalue weighted by molar-refractivity contribution is 6.04. The zero-order valence-electron chi connectivity index (χ0n) is 18.3. The van der Waals surface area contributed by atoms with Gasteiger partial charge in [-0.1, -0.05) is 103 Å². The SMILES string of the molecule is C1=c2ccc3ccccc3c2=C(N2c3ccccc3-c3ccccc3-c3ccccc32)CC1. The van der Waals surface area contributed by atoms with Crippen LogP contribution in [0.4, 0.5) is 11.4 Å². The largest absolute Gasteiger partial charge is 0.312 e. The lowest BCUT2D eigenvalue weighted by molar-refractivity contribution is 1.03. The summed E-state index contributed by atoms with van der Waals surface area (Å²) < 4.78 is 0. The Bertz CT molecular complexity index is 1610. The standard InChI is InChI=1S/C32H23N/c1-2-12-24-22(10-1)20-21-23-11-9-19-31(32(23)24)33-29-17-7-5-15-27(29)25-13-3-4-14-26(25)28-16-6-8-18-30(28)33/h1-8,10-18,20-21H,9,19H2. The van der Waals surface area contributed by atoms with Gasteiger partial charge in [-0.3, -0.25) is 0 Å². The minimum atomic E-state index is 1.01. The van der Waals surface area contributed by atoms with Crippen LogP contribution in [0.2, 0.25) is 0 Å². The van der Waals surface area contributed by atoms with Gasteiger partial charge in [-0.05, 0) is 52.1 Å². The molecule has 0 radical (unpaired) electrons. The van der Waals surface area contributed by atoms with E-state index >= 15 is 0 Å². The van der Waals surface area contributed by atoms with Crippen LogP contribution in [0.25, 0.3) is 44.8 Å². The number of nitrogens with zero attached hydrogens (tertiary/aromatic N) is 1. The molecule has 0 amide bonds. The molecule has 1 aliphatic heterocycles. The molecule has 0 bridgehead atoms. The molecule has 1 nitrogen and oxygen atoms in total. The Labute approximate surface area is 193 Å². The molecule has 0 unspecified atom stereocenters. The van der Waals surface area contributed by atoms with Gasteiger partial charge in [0.2, 0.25) is 0 Å². The highest BCUT2D eigenvalue weighted by Crippen LogP contribution is 2.49. The van der Waals surface area contributed by atoms with Gasteiger partial charge in [0, 0.05) is 22.0 Å². The van der Waals surface area contributed by atoms with Crippen molar-refractivity contribution in [2.45, 2.75) is 12.8 Å². The average Bonchev–Trinajstić information content (AvgIpc) is 3.01. The van der Waals surface area contributed by atoms with E-state index in [4.69, 9.17) is 0 Å². The number of rotatable bonds is 1. The van der Waals surface area contributed by atoms with Crippen LogP contribution in [0, 0.1) is 0 Å². The molecule has 156 valence electrons. The number of hydrogen-bond acceptors (Lipinski definition) is 1. The van der Waals surface area contributed by atoms with Gasteiger partial charge >= 0.3 is 0 Å². The van der Waals surface area contributed by atoms with Crippen LogP contribution in [0.5, 0.6) is 0 Å². The Morgan fingerprint density at radius 3 is 1.79 bits per heavy atom. The van der Waals surface area contributed by atoms with E-state index in [0.29, 0.717) is 0 Å². The Morgan fingerprint density at radius 2 is 1.09 bits per heavy atom. The van der Waals surface area contributed by atoms with Crippen molar-refractivity contribution in [2.75, 3.05) is 4.90 Å². The lowest BCUT2D eigenvalue weighted by Gasteiger charge is -2.31. The maximum atomic E-state index is 2.54. The predicted octanol–water partition coefficient (Wildman–Crippen LogP) is 7.01. The highest BCUT2D eigenvalue weighted by Gasteiger charge is 2.27. The molecular weight excluding hydrogens is 398 g/mol. The summed E-state index contributed by atoms with van der Waals surface area (Å²) in [7, 11) is 0. The van der Waals surface area contributed by atoms with Gasteiger partial charge in [0.05, 0.1) is 11.4 Å². The monoisotopic (exact) mass is 421 g/mol. The fourth-order valence-electron chi connectivity index (χ4n) is 5.66. The van der Waals surface area contributed by atoms with E-state index < -0.39 is 0 Å². The number of anilines is 2. The molecule has 7 rings (SSSR count). The van der Waals surface area contributed by atoms with Gasteiger partial charge < -0.3 is 4.90 Å². The molecule has 1 heteroatoms. The number of fused-ring (bicyclic) bond motifs is 8. The minimum absolute atomic E-state index is 1.01. The van der Waals surface area contributed by atoms with E-state index in [9.17, 15) is 0 Å². The molecule has 0 atom stereocenters. The lowest BCUT2D eigenvalue weighted by Crippen LogP contribution is -2.36. The van der Waals surface area contributed by atoms with Crippen LogP contribution in [0.3, 0.4) is 0 Å². The smallest absolute Gasteiger partial charge is 0.0537 e. The van der Waals surface area contributed by atoms with Crippen molar-refractivity contribution < 1.29 is 0 Å². The van der Waals surface area contributed by atoms with Crippen LogP contribution in [0.1, 0.15) is 12.8 Å². The lowest BCUT2D eigenvalue weighted by atomic mass is 9.95. The number of hydrogen-bond donors (Lipinski definition) is 0. The van der Waals surface area contributed by atoms with Crippen molar-refractivity contribution in [2.24, 2.45) is 0 Å². The van der Waals surface area contributed by atoms with E-state index in [1.54, 1.807) is 0 Å². The summed E-state index contributed by atoms with van der Waals surface area (Å²) >= 11 is 0. The molecule has 0 fully saturated rings. The van der Waals surface area contributed by atoms with Gasteiger partial charge in [0.15, 0.2) is 0 Å². The van der Waals surface area contributed by atoms with Crippen molar-refractivity contribution in [3.05, 3.63) is 120 Å². The van der Waals surface area contributed by atoms with E-state index in [0.717, 1.165) is 12.8 Å². The molecule has 5 aromatic carbocycles. The molecular formula is C32H23N. The van der Waals surface area contributed by atoms with Gasteiger partial charge in [-0.2, -0.15) is 0 Å². The van der Waals surface area contributed by atoms with Crippen LogP contribution in [0.15, 0.2) is 109 Å². The summed E-state index contributed by atoms with van der Waals surface area (Å²) in [5, 5.41) is 5.34. The summed E-state index contributed by atoms with van der Waals surface area (Å²) in [5.74, 6) is 0. The zero-order chi connectivity index (χ0) is 21.8. The van der Waals surface area contributed by atoms with Crippen molar-refractivity contribution in [3.63, 3.8) is 0 Å². The minimum Gasteiger partial charge on any atom is -0.312 e. The summed E-state index contributed by atoms with van der Waals surface area (Å²) in [6.07, 6.45) is 4.46. The first-order chi connectivity index (χ1) is 16.4. The molecule has 0 aromatic heterocycles. The second-order valence-electron chi connectivity index (χ2n) is 8.86. The maximum Gasteiger partial charge on any atom is 0.0537 e. The fraction of sp³-hybridized carbons (Fsp3) is 0.0625. The van der Waals surface area contributed by atoms with Crippen molar-refractivity contribution in [1.29, 1.82) is 0 Å². The summed E-state index contributed by atoms with van der Waals surface area (Å²) in [6, 6.07) is 39.9. The summed E-state index contributed by atoms with van der Waals surface area (Å²) in [4.78, 5) is 2.54. The Kier molecular flexibility index (Phi) is 4.04. The molecule has 5 aromatic rings. The zero-order valence-corrected chi connectivity index (χ0v) is 18.3. The second kappa shape index (κ2) is 7.21. The molecule has 0 spiro atoms. The van der Waals surface area contributed by atoms with Crippen molar-refractivity contribution in [3.8, 4) is 22.3 Å². The third-order valence-corrected chi connectivity index (χ3v) is 7.06. The normalized spacial score (nSPS) is 13.9. The van der Waals surface area contributed by atoms with E-state index in [1.807, 2.05) is 0 Å². The number of benzene rings is 5. The summed E-state index contributed by atoms with van der Waals surface area (Å²) in [6.45, 7) is 0. The molecule has 1 aliphatic carbocycles. The van der Waals surface area contributed by atoms with Gasteiger partial charge in [0.25, 0.3) is 0 Å². The number of para-hydroxylation sites is 2. The average molecular weight is 422 g/mol. The molecule has 0 N–H and O–H groups in total. The third-order valence-electron chi connectivity index (χ3n) is 7.06. The van der Waals surface area contributed by atoms with Crippen molar-refractivity contribution >= 4 is 33.9 Å². The molecule has 0 saturated heterocycles. The molecule has 2 aliphatic rings. The topological polar surface area (TPSA) is 3.24 Å². The summed E-state index contributed by atoms with van der Waals surface area (Å²) in [5.41, 5.74) is 9.06. The first-order valence-corrected chi connectivity index (χ1v) is 11.7. The first-order valence-electron chi connectivity index (χ1n) is 11.7. The van der Waals surface area contributed by atoms with Crippen LogP contribution in [-0.2, 0) is 0 Å². The Morgan fingerprint density at radius 1 is 0.515 bits per heavy atom. The highest BCUT2D eigenvalue weighted by atomic mass is 15.2. The third kappa shape index (κ3) is 2.72. The maximum absolute atomic E-state index is 2.54. The van der Waals surface area contributed by atoms with Gasteiger partial charge in [-0.25, -0.2) is 0 Å². The van der Waals surface area contributed by atoms with E-state index in [2.05, 4.69) is 120 Å². The molecule has 1 heterocycles. The Hall–Kier alpha value is -4.10. The predicted molar refractivity (Wildman–Crippen MR) is 140 cm³/mol. The Balaban J connectivity index is 1.68. The van der Waals surface area contributed by atoms with Gasteiger partial charge in [-0.15, -0.1) is 0 Å².